The Morgan fingerprint density at radius 2 is 1.94 bits per heavy atom. The number of hydrogen-bond acceptors (Lipinski definition) is 3. The average molecular weight is 244 g/mol. The molecule has 1 heterocycles. The van der Waals surface area contributed by atoms with Crippen molar-refractivity contribution in [1.82, 2.24) is 9.97 Å². The molecule has 0 aliphatic carbocycles. The van der Waals surface area contributed by atoms with E-state index in [1.807, 2.05) is 20.8 Å². The number of benzene rings is 1. The maximum Gasteiger partial charge on any atom is 0.345 e. The van der Waals surface area contributed by atoms with Crippen LogP contribution in [0.2, 0.25) is 0 Å². The molecule has 0 amide bonds. The van der Waals surface area contributed by atoms with Gasteiger partial charge in [0.2, 0.25) is 0 Å². The van der Waals surface area contributed by atoms with E-state index < -0.39 is 0 Å². The number of nitrogens with one attached hydrogen (secondary N) is 1. The van der Waals surface area contributed by atoms with Gasteiger partial charge in [-0.15, -0.1) is 0 Å². The molecular formula is C14H16N2O2. The summed E-state index contributed by atoms with van der Waals surface area (Å²) in [6, 6.07) is 3.87. The van der Waals surface area contributed by atoms with E-state index in [1.165, 1.54) is 11.8 Å². The zero-order chi connectivity index (χ0) is 13.3. The molecule has 0 saturated heterocycles. The van der Waals surface area contributed by atoms with Crippen LogP contribution in [-0.2, 0) is 0 Å². The zero-order valence-corrected chi connectivity index (χ0v) is 11.0. The van der Waals surface area contributed by atoms with Crippen molar-refractivity contribution in [1.29, 1.82) is 0 Å². The van der Waals surface area contributed by atoms with Crippen molar-refractivity contribution in [3.8, 4) is 17.0 Å². The first-order valence-electron chi connectivity index (χ1n) is 5.75. The molecule has 4 heteroatoms. The van der Waals surface area contributed by atoms with Crippen LogP contribution in [0.25, 0.3) is 11.3 Å². The number of aromatic nitrogens is 2. The monoisotopic (exact) mass is 244 g/mol. The van der Waals surface area contributed by atoms with Gasteiger partial charge in [-0.2, -0.15) is 0 Å². The molecule has 0 spiro atoms. The van der Waals surface area contributed by atoms with Gasteiger partial charge in [0.25, 0.3) is 0 Å². The van der Waals surface area contributed by atoms with Crippen molar-refractivity contribution < 1.29 is 4.74 Å². The lowest BCUT2D eigenvalue weighted by molar-refractivity contribution is 0.412. The van der Waals surface area contributed by atoms with E-state index >= 15 is 0 Å². The number of methoxy groups -OCH3 is 1. The predicted molar refractivity (Wildman–Crippen MR) is 71.1 cm³/mol. The van der Waals surface area contributed by atoms with Crippen molar-refractivity contribution in [3.63, 3.8) is 0 Å². The zero-order valence-electron chi connectivity index (χ0n) is 11.0. The summed E-state index contributed by atoms with van der Waals surface area (Å²) in [5.74, 6) is 0.800. The highest BCUT2D eigenvalue weighted by molar-refractivity contribution is 5.73. The van der Waals surface area contributed by atoms with Crippen LogP contribution in [0.3, 0.4) is 0 Å². The van der Waals surface area contributed by atoms with Gasteiger partial charge in [-0.1, -0.05) is 6.07 Å². The van der Waals surface area contributed by atoms with Gasteiger partial charge in [-0.25, -0.2) is 9.78 Å². The fourth-order valence-electron chi connectivity index (χ4n) is 2.16. The van der Waals surface area contributed by atoms with Crippen LogP contribution in [0, 0.1) is 20.8 Å². The summed E-state index contributed by atoms with van der Waals surface area (Å²) in [5.41, 5.74) is 4.61. The SMILES string of the molecule is COc1c(C)c(C)cc(C)c1-c1ccnc(=O)[nH]1. The van der Waals surface area contributed by atoms with Gasteiger partial charge in [-0.05, 0) is 43.5 Å². The third kappa shape index (κ3) is 2.01. The fourth-order valence-corrected chi connectivity index (χ4v) is 2.16. The molecule has 0 unspecified atom stereocenters. The highest BCUT2D eigenvalue weighted by Crippen LogP contribution is 2.36. The number of hydrogen-bond donors (Lipinski definition) is 1. The van der Waals surface area contributed by atoms with E-state index in [-0.39, 0.29) is 5.69 Å². The number of aryl methyl sites for hydroxylation is 2. The summed E-state index contributed by atoms with van der Waals surface area (Å²) < 4.78 is 5.49. The molecule has 0 aliphatic rings. The molecule has 0 radical (unpaired) electrons. The summed E-state index contributed by atoms with van der Waals surface area (Å²) in [4.78, 5) is 17.7. The van der Waals surface area contributed by atoms with Crippen LogP contribution in [0.15, 0.2) is 23.1 Å². The van der Waals surface area contributed by atoms with Gasteiger partial charge >= 0.3 is 5.69 Å². The van der Waals surface area contributed by atoms with E-state index in [0.717, 1.165) is 28.1 Å². The van der Waals surface area contributed by atoms with E-state index in [2.05, 4.69) is 16.0 Å². The highest BCUT2D eigenvalue weighted by Gasteiger charge is 2.14. The third-order valence-electron chi connectivity index (χ3n) is 3.13. The van der Waals surface area contributed by atoms with Gasteiger partial charge in [0.1, 0.15) is 5.75 Å². The standard InChI is InChI=1S/C14H16N2O2/c1-8-7-9(2)12(13(18-4)10(8)3)11-5-6-15-14(17)16-11/h5-7H,1-4H3,(H,15,16,17). The normalized spacial score (nSPS) is 10.4. The molecule has 1 aromatic heterocycles. The molecule has 1 N–H and O–H groups in total. The minimum absolute atomic E-state index is 0.354. The van der Waals surface area contributed by atoms with Crippen molar-refractivity contribution in [3.05, 3.63) is 45.5 Å². The second-order valence-electron chi connectivity index (χ2n) is 4.33. The van der Waals surface area contributed by atoms with E-state index in [9.17, 15) is 4.79 Å². The van der Waals surface area contributed by atoms with Crippen LogP contribution in [0.4, 0.5) is 0 Å². The van der Waals surface area contributed by atoms with E-state index in [1.54, 1.807) is 13.2 Å². The summed E-state index contributed by atoms with van der Waals surface area (Å²) in [7, 11) is 1.64. The molecule has 0 saturated carbocycles. The van der Waals surface area contributed by atoms with Gasteiger partial charge in [0.15, 0.2) is 0 Å². The van der Waals surface area contributed by atoms with Crippen LogP contribution < -0.4 is 10.4 Å². The molecule has 0 aliphatic heterocycles. The second-order valence-corrected chi connectivity index (χ2v) is 4.33. The summed E-state index contributed by atoms with van der Waals surface area (Å²) in [5, 5.41) is 0. The summed E-state index contributed by atoms with van der Waals surface area (Å²) >= 11 is 0. The van der Waals surface area contributed by atoms with Gasteiger partial charge in [-0.3, -0.25) is 0 Å². The summed E-state index contributed by atoms with van der Waals surface area (Å²) in [6.45, 7) is 6.06. The minimum Gasteiger partial charge on any atom is -0.496 e. The predicted octanol–water partition coefficient (Wildman–Crippen LogP) is 2.37. The van der Waals surface area contributed by atoms with E-state index in [0.29, 0.717) is 0 Å². The molecule has 94 valence electrons. The Bertz CT molecular complexity index is 645. The van der Waals surface area contributed by atoms with Crippen molar-refractivity contribution >= 4 is 0 Å². The molecule has 1 aromatic carbocycles. The van der Waals surface area contributed by atoms with Crippen molar-refractivity contribution in [2.45, 2.75) is 20.8 Å². The summed E-state index contributed by atoms with van der Waals surface area (Å²) in [6.07, 6.45) is 1.50. The average Bonchev–Trinajstić information content (AvgIpc) is 2.33. The number of nitrogens with zero attached hydrogens (tertiary/aromatic N) is 1. The number of rotatable bonds is 2. The van der Waals surface area contributed by atoms with Crippen LogP contribution in [0.5, 0.6) is 5.75 Å². The topological polar surface area (TPSA) is 55.0 Å². The Morgan fingerprint density at radius 3 is 2.56 bits per heavy atom. The number of aromatic amines is 1. The minimum atomic E-state index is -0.354. The Kier molecular flexibility index (Phi) is 3.19. The molecule has 0 bridgehead atoms. The van der Waals surface area contributed by atoms with Crippen LogP contribution >= 0.6 is 0 Å². The van der Waals surface area contributed by atoms with E-state index in [4.69, 9.17) is 4.74 Å². The van der Waals surface area contributed by atoms with Gasteiger partial charge < -0.3 is 9.72 Å². The van der Waals surface area contributed by atoms with Crippen molar-refractivity contribution in [2.75, 3.05) is 7.11 Å². The maximum atomic E-state index is 11.3. The maximum absolute atomic E-state index is 11.3. The lowest BCUT2D eigenvalue weighted by Gasteiger charge is -2.16. The molecule has 2 aromatic rings. The van der Waals surface area contributed by atoms with Crippen molar-refractivity contribution in [2.24, 2.45) is 0 Å². The Hall–Kier alpha value is -2.10. The molecule has 0 atom stereocenters. The number of H-pyrrole nitrogens is 1. The molecule has 18 heavy (non-hydrogen) atoms. The first-order chi connectivity index (χ1) is 8.54. The lowest BCUT2D eigenvalue weighted by Crippen LogP contribution is -2.10. The molecule has 0 fully saturated rings. The fraction of sp³-hybridized carbons (Fsp3) is 0.286. The smallest absolute Gasteiger partial charge is 0.345 e. The van der Waals surface area contributed by atoms with Gasteiger partial charge in [0, 0.05) is 11.8 Å². The quantitative estimate of drug-likeness (QED) is 0.882. The van der Waals surface area contributed by atoms with Crippen LogP contribution in [0.1, 0.15) is 16.7 Å². The highest BCUT2D eigenvalue weighted by atomic mass is 16.5. The third-order valence-corrected chi connectivity index (χ3v) is 3.13. The van der Waals surface area contributed by atoms with Crippen LogP contribution in [-0.4, -0.2) is 17.1 Å². The Balaban J connectivity index is 2.78. The molecule has 4 nitrogen and oxygen atoms in total. The van der Waals surface area contributed by atoms with Gasteiger partial charge in [0.05, 0.1) is 12.8 Å². The lowest BCUT2D eigenvalue weighted by atomic mass is 9.97. The number of ether oxygens (including phenoxy) is 1. The first-order valence-corrected chi connectivity index (χ1v) is 5.75. The second kappa shape index (κ2) is 4.64. The first kappa shape index (κ1) is 12.4. The largest absolute Gasteiger partial charge is 0.496 e. The molecule has 2 rings (SSSR count). The Labute approximate surface area is 106 Å². The Morgan fingerprint density at radius 1 is 1.22 bits per heavy atom. The molecular weight excluding hydrogens is 228 g/mol.